The van der Waals surface area contributed by atoms with Crippen LogP contribution in [0.15, 0.2) is 23.1 Å². The van der Waals surface area contributed by atoms with Crippen LogP contribution in [0.2, 0.25) is 5.02 Å². The average Bonchev–Trinajstić information content (AvgIpc) is 3.26. The van der Waals surface area contributed by atoms with E-state index in [1.54, 1.807) is 4.90 Å². The molecule has 1 aromatic rings. The van der Waals surface area contributed by atoms with E-state index in [9.17, 15) is 17.6 Å². The van der Waals surface area contributed by atoms with Crippen LogP contribution in [-0.2, 0) is 14.8 Å². The Labute approximate surface area is 140 Å². The van der Waals surface area contributed by atoms with Crippen molar-refractivity contribution < 1.29 is 17.6 Å². The van der Waals surface area contributed by atoms with Gasteiger partial charge in [0.2, 0.25) is 15.9 Å². The molecule has 126 valence electrons. The molecule has 1 heterocycles. The summed E-state index contributed by atoms with van der Waals surface area (Å²) in [6.07, 6.45) is 0.922. The third-order valence-corrected chi connectivity index (χ3v) is 6.69. The van der Waals surface area contributed by atoms with E-state index in [2.05, 4.69) is 0 Å². The van der Waals surface area contributed by atoms with E-state index in [1.165, 1.54) is 10.4 Å². The van der Waals surface area contributed by atoms with Gasteiger partial charge in [-0.2, -0.15) is 4.31 Å². The first kappa shape index (κ1) is 16.7. The van der Waals surface area contributed by atoms with Gasteiger partial charge in [-0.05, 0) is 30.5 Å². The van der Waals surface area contributed by atoms with Gasteiger partial charge in [-0.3, -0.25) is 4.79 Å². The highest BCUT2D eigenvalue weighted by Gasteiger charge is 2.42. The number of piperazine rings is 1. The zero-order chi connectivity index (χ0) is 16.8. The number of rotatable bonds is 3. The average molecular weight is 361 g/mol. The van der Waals surface area contributed by atoms with Gasteiger partial charge in [0.05, 0.1) is 9.92 Å². The van der Waals surface area contributed by atoms with Crippen LogP contribution in [0.25, 0.3) is 0 Å². The molecule has 0 bridgehead atoms. The van der Waals surface area contributed by atoms with Gasteiger partial charge in [-0.15, -0.1) is 0 Å². The minimum absolute atomic E-state index is 0.0282. The van der Waals surface area contributed by atoms with Gasteiger partial charge in [0, 0.05) is 32.1 Å². The van der Waals surface area contributed by atoms with E-state index in [0.29, 0.717) is 19.0 Å². The topological polar surface area (TPSA) is 57.7 Å². The molecule has 23 heavy (non-hydrogen) atoms. The van der Waals surface area contributed by atoms with Crippen molar-refractivity contribution in [3.05, 3.63) is 29.0 Å². The molecule has 8 heteroatoms. The molecule has 1 aliphatic heterocycles. The summed E-state index contributed by atoms with van der Waals surface area (Å²) in [4.78, 5) is 13.9. The summed E-state index contributed by atoms with van der Waals surface area (Å²) in [5.41, 5.74) is 0. The highest BCUT2D eigenvalue weighted by molar-refractivity contribution is 7.89. The molecule has 0 aromatic heterocycles. The summed E-state index contributed by atoms with van der Waals surface area (Å²) in [6, 6.07) is 3.37. The van der Waals surface area contributed by atoms with Crippen LogP contribution >= 0.6 is 11.6 Å². The SMILES string of the molecule is CC1CC1C(=O)N1CCN(S(=O)(=O)c2ccc(F)c(Cl)c2)CC1. The molecular weight excluding hydrogens is 343 g/mol. The molecule has 2 fully saturated rings. The Kier molecular flexibility index (Phi) is 4.37. The van der Waals surface area contributed by atoms with Crippen LogP contribution in [0.5, 0.6) is 0 Å². The molecule has 5 nitrogen and oxygen atoms in total. The molecule has 2 atom stereocenters. The number of nitrogens with zero attached hydrogens (tertiary/aromatic N) is 2. The van der Waals surface area contributed by atoms with Crippen molar-refractivity contribution >= 4 is 27.5 Å². The zero-order valence-corrected chi connectivity index (χ0v) is 14.3. The predicted molar refractivity (Wildman–Crippen MR) is 84.0 cm³/mol. The highest BCUT2D eigenvalue weighted by Crippen LogP contribution is 2.39. The Balaban J connectivity index is 1.68. The van der Waals surface area contributed by atoms with Crippen molar-refractivity contribution in [3.8, 4) is 0 Å². The van der Waals surface area contributed by atoms with E-state index in [-0.39, 0.29) is 34.8 Å². The molecule has 2 unspecified atom stereocenters. The quantitative estimate of drug-likeness (QED) is 0.828. The monoisotopic (exact) mass is 360 g/mol. The lowest BCUT2D eigenvalue weighted by atomic mass is 10.2. The Morgan fingerprint density at radius 2 is 1.87 bits per heavy atom. The number of hydrogen-bond donors (Lipinski definition) is 0. The van der Waals surface area contributed by atoms with Crippen molar-refractivity contribution in [2.75, 3.05) is 26.2 Å². The maximum atomic E-state index is 13.2. The second-order valence-electron chi connectivity index (χ2n) is 6.12. The lowest BCUT2D eigenvalue weighted by Gasteiger charge is -2.34. The number of hydrogen-bond acceptors (Lipinski definition) is 3. The van der Waals surface area contributed by atoms with Gasteiger partial charge in [0.1, 0.15) is 5.82 Å². The Bertz CT molecular complexity index is 732. The Morgan fingerprint density at radius 3 is 2.39 bits per heavy atom. The predicted octanol–water partition coefficient (Wildman–Crippen LogP) is 1.97. The molecule has 0 radical (unpaired) electrons. The van der Waals surface area contributed by atoms with Gasteiger partial charge in [-0.1, -0.05) is 18.5 Å². The first-order chi connectivity index (χ1) is 10.8. The normalized spacial score (nSPS) is 25.4. The molecule has 0 N–H and O–H groups in total. The molecule has 1 aliphatic carbocycles. The minimum Gasteiger partial charge on any atom is -0.340 e. The maximum absolute atomic E-state index is 13.2. The molecule has 1 saturated heterocycles. The fourth-order valence-corrected chi connectivity index (χ4v) is 4.53. The fraction of sp³-hybridized carbons (Fsp3) is 0.533. The van der Waals surface area contributed by atoms with Crippen molar-refractivity contribution in [1.29, 1.82) is 0 Å². The summed E-state index contributed by atoms with van der Waals surface area (Å²) >= 11 is 5.67. The van der Waals surface area contributed by atoms with Crippen molar-refractivity contribution in [3.63, 3.8) is 0 Å². The molecule has 2 aliphatic rings. The van der Waals surface area contributed by atoms with E-state index >= 15 is 0 Å². The van der Waals surface area contributed by atoms with Crippen LogP contribution in [0.3, 0.4) is 0 Å². The lowest BCUT2D eigenvalue weighted by Crippen LogP contribution is -2.51. The van der Waals surface area contributed by atoms with E-state index in [1.807, 2.05) is 6.92 Å². The second kappa shape index (κ2) is 6.03. The molecule has 1 aromatic carbocycles. The number of carbonyl (C=O) groups is 1. The van der Waals surface area contributed by atoms with Crippen LogP contribution in [-0.4, -0.2) is 49.7 Å². The van der Waals surface area contributed by atoms with Crippen molar-refractivity contribution in [1.82, 2.24) is 9.21 Å². The number of benzene rings is 1. The van der Waals surface area contributed by atoms with E-state index in [0.717, 1.165) is 18.6 Å². The van der Waals surface area contributed by atoms with Crippen LogP contribution in [0.4, 0.5) is 4.39 Å². The fourth-order valence-electron chi connectivity index (χ4n) is 2.84. The Hall–Kier alpha value is -1.18. The first-order valence-electron chi connectivity index (χ1n) is 7.54. The first-order valence-corrected chi connectivity index (χ1v) is 9.36. The molecule has 1 saturated carbocycles. The van der Waals surface area contributed by atoms with E-state index in [4.69, 9.17) is 11.6 Å². The van der Waals surface area contributed by atoms with Gasteiger partial charge in [0.15, 0.2) is 0 Å². The number of sulfonamides is 1. The number of carbonyl (C=O) groups excluding carboxylic acids is 1. The number of halogens is 2. The van der Waals surface area contributed by atoms with Crippen molar-refractivity contribution in [2.45, 2.75) is 18.2 Å². The van der Waals surface area contributed by atoms with Crippen molar-refractivity contribution in [2.24, 2.45) is 11.8 Å². The summed E-state index contributed by atoms with van der Waals surface area (Å²) in [6.45, 7) is 3.29. The number of amides is 1. The van der Waals surface area contributed by atoms with Gasteiger partial charge < -0.3 is 4.90 Å². The highest BCUT2D eigenvalue weighted by atomic mass is 35.5. The maximum Gasteiger partial charge on any atom is 0.243 e. The third kappa shape index (κ3) is 3.22. The smallest absolute Gasteiger partial charge is 0.243 e. The molecule has 3 rings (SSSR count). The summed E-state index contributed by atoms with van der Waals surface area (Å²) in [5.74, 6) is 0.0126. The van der Waals surface area contributed by atoms with Crippen LogP contribution in [0.1, 0.15) is 13.3 Å². The standard InChI is InChI=1S/C15H18ClFN2O3S/c1-10-8-12(10)15(20)18-4-6-19(7-5-18)23(21,22)11-2-3-14(17)13(16)9-11/h2-3,9-10,12H,4-8H2,1H3. The summed E-state index contributed by atoms with van der Waals surface area (Å²) in [5, 5.41) is -0.220. The molecule has 1 amide bonds. The summed E-state index contributed by atoms with van der Waals surface area (Å²) < 4.78 is 39.6. The molecule has 0 spiro atoms. The van der Waals surface area contributed by atoms with Gasteiger partial charge in [-0.25, -0.2) is 12.8 Å². The molecular formula is C15H18ClFN2O3S. The second-order valence-corrected chi connectivity index (χ2v) is 8.47. The lowest BCUT2D eigenvalue weighted by molar-refractivity contribution is -0.134. The minimum atomic E-state index is -3.72. The third-order valence-electron chi connectivity index (χ3n) is 4.51. The zero-order valence-electron chi connectivity index (χ0n) is 12.7. The van der Waals surface area contributed by atoms with Gasteiger partial charge in [0.25, 0.3) is 0 Å². The van der Waals surface area contributed by atoms with Crippen LogP contribution < -0.4 is 0 Å². The van der Waals surface area contributed by atoms with Crippen LogP contribution in [0, 0.1) is 17.7 Å². The van der Waals surface area contributed by atoms with Gasteiger partial charge >= 0.3 is 0 Å². The Morgan fingerprint density at radius 1 is 1.26 bits per heavy atom. The van der Waals surface area contributed by atoms with E-state index < -0.39 is 15.8 Å². The largest absolute Gasteiger partial charge is 0.340 e. The summed E-state index contributed by atoms with van der Waals surface area (Å²) in [7, 11) is -3.72.